The summed E-state index contributed by atoms with van der Waals surface area (Å²) in [7, 11) is -3.48. The molecule has 0 saturated heterocycles. The second-order valence-corrected chi connectivity index (χ2v) is 9.66. The van der Waals surface area contributed by atoms with E-state index < -0.39 is 15.7 Å². The molecule has 0 unspecified atom stereocenters. The molecule has 9 heteroatoms. The van der Waals surface area contributed by atoms with Crippen LogP contribution in [-0.4, -0.2) is 34.9 Å². The van der Waals surface area contributed by atoms with Crippen LogP contribution in [0.4, 0.5) is 5.69 Å². The van der Waals surface area contributed by atoms with Crippen LogP contribution in [0.1, 0.15) is 26.6 Å². The highest BCUT2D eigenvalue weighted by Gasteiger charge is 2.21. The maximum Gasteiger partial charge on any atom is 0.258 e. The quantitative estimate of drug-likeness (QED) is 0.510. The number of para-hydroxylation sites is 3. The number of amides is 1. The molecule has 30 heavy (non-hydrogen) atoms. The standard InChI is InChI=1S/C21H18N4O3S2/c1-13-20(21(26)24-17-9-5-6-10-19(17)30(2,27)28)18(29-25-13)11-14-12-22-15-7-3-4-8-16(15)23-14/h3-10,12H,11H2,1-2H3,(H,24,26). The van der Waals surface area contributed by atoms with Crippen molar-refractivity contribution >= 4 is 44.0 Å². The van der Waals surface area contributed by atoms with Gasteiger partial charge in [0, 0.05) is 23.8 Å². The molecular weight excluding hydrogens is 420 g/mol. The van der Waals surface area contributed by atoms with Crippen LogP contribution in [0.5, 0.6) is 0 Å². The molecule has 2 heterocycles. The van der Waals surface area contributed by atoms with Crippen LogP contribution in [0.15, 0.2) is 59.6 Å². The smallest absolute Gasteiger partial charge is 0.258 e. The fourth-order valence-corrected chi connectivity index (χ4v) is 4.88. The lowest BCUT2D eigenvalue weighted by atomic mass is 10.1. The number of fused-ring (bicyclic) bond motifs is 1. The van der Waals surface area contributed by atoms with E-state index in [2.05, 4.69) is 19.7 Å². The van der Waals surface area contributed by atoms with Gasteiger partial charge in [-0.2, -0.15) is 4.37 Å². The fourth-order valence-electron chi connectivity index (χ4n) is 3.15. The number of rotatable bonds is 5. The fraction of sp³-hybridized carbons (Fsp3) is 0.143. The van der Waals surface area contributed by atoms with E-state index in [4.69, 9.17) is 0 Å². The van der Waals surface area contributed by atoms with Gasteiger partial charge in [0.25, 0.3) is 5.91 Å². The minimum atomic E-state index is -3.48. The average Bonchev–Trinajstić information content (AvgIpc) is 3.07. The number of anilines is 1. The van der Waals surface area contributed by atoms with Crippen molar-refractivity contribution in [1.29, 1.82) is 0 Å². The van der Waals surface area contributed by atoms with Crippen molar-refractivity contribution in [1.82, 2.24) is 14.3 Å². The summed E-state index contributed by atoms with van der Waals surface area (Å²) in [6.07, 6.45) is 3.21. The number of sulfone groups is 1. The topological polar surface area (TPSA) is 102 Å². The van der Waals surface area contributed by atoms with Gasteiger partial charge in [-0.25, -0.2) is 13.4 Å². The van der Waals surface area contributed by atoms with E-state index in [1.165, 1.54) is 17.6 Å². The van der Waals surface area contributed by atoms with Crippen molar-refractivity contribution in [2.24, 2.45) is 0 Å². The summed E-state index contributed by atoms with van der Waals surface area (Å²) >= 11 is 1.23. The van der Waals surface area contributed by atoms with E-state index >= 15 is 0 Å². The van der Waals surface area contributed by atoms with Gasteiger partial charge in [0.2, 0.25) is 0 Å². The van der Waals surface area contributed by atoms with Crippen molar-refractivity contribution < 1.29 is 13.2 Å². The Kier molecular flexibility index (Phi) is 5.31. The lowest BCUT2D eigenvalue weighted by Gasteiger charge is -2.10. The molecule has 0 aliphatic heterocycles. The first-order chi connectivity index (χ1) is 14.3. The van der Waals surface area contributed by atoms with Crippen molar-refractivity contribution in [2.75, 3.05) is 11.6 Å². The maximum atomic E-state index is 13.0. The van der Waals surface area contributed by atoms with Crippen molar-refractivity contribution in [3.63, 3.8) is 0 Å². The molecule has 0 bridgehead atoms. The number of aryl methyl sites for hydroxylation is 1. The Morgan fingerprint density at radius 1 is 1.07 bits per heavy atom. The van der Waals surface area contributed by atoms with Crippen LogP contribution in [0, 0.1) is 6.92 Å². The van der Waals surface area contributed by atoms with E-state index in [9.17, 15) is 13.2 Å². The summed E-state index contributed by atoms with van der Waals surface area (Å²) in [6.45, 7) is 1.75. The maximum absolute atomic E-state index is 13.0. The van der Waals surface area contributed by atoms with Gasteiger partial charge in [0.1, 0.15) is 0 Å². The van der Waals surface area contributed by atoms with Crippen LogP contribution in [0.25, 0.3) is 11.0 Å². The van der Waals surface area contributed by atoms with Gasteiger partial charge in [-0.3, -0.25) is 9.78 Å². The van der Waals surface area contributed by atoms with E-state index in [0.29, 0.717) is 17.7 Å². The molecule has 152 valence electrons. The molecule has 0 aliphatic carbocycles. The summed E-state index contributed by atoms with van der Waals surface area (Å²) < 4.78 is 28.4. The molecule has 2 aromatic carbocycles. The van der Waals surface area contributed by atoms with Crippen molar-refractivity contribution in [3.8, 4) is 0 Å². The highest BCUT2D eigenvalue weighted by Crippen LogP contribution is 2.26. The van der Waals surface area contributed by atoms with Crippen LogP contribution in [0.2, 0.25) is 0 Å². The zero-order valence-corrected chi connectivity index (χ0v) is 17.9. The highest BCUT2D eigenvalue weighted by atomic mass is 32.2. The van der Waals surface area contributed by atoms with Gasteiger partial charge in [-0.1, -0.05) is 24.3 Å². The molecular formula is C21H18N4O3S2. The largest absolute Gasteiger partial charge is 0.321 e. The van der Waals surface area contributed by atoms with Gasteiger partial charge >= 0.3 is 0 Å². The van der Waals surface area contributed by atoms with E-state index in [-0.39, 0.29) is 10.6 Å². The number of nitrogens with one attached hydrogen (secondary N) is 1. The van der Waals surface area contributed by atoms with E-state index in [1.54, 1.807) is 31.3 Å². The van der Waals surface area contributed by atoms with Crippen LogP contribution >= 0.6 is 11.5 Å². The van der Waals surface area contributed by atoms with Gasteiger partial charge in [-0.05, 0) is 42.7 Å². The minimum absolute atomic E-state index is 0.0705. The lowest BCUT2D eigenvalue weighted by molar-refractivity contribution is 0.102. The Bertz CT molecular complexity index is 1360. The molecule has 4 aromatic rings. The number of hydrogen-bond acceptors (Lipinski definition) is 7. The number of nitrogens with zero attached hydrogens (tertiary/aromatic N) is 3. The predicted molar refractivity (Wildman–Crippen MR) is 117 cm³/mol. The third-order valence-corrected chi connectivity index (χ3v) is 6.62. The Morgan fingerprint density at radius 2 is 1.77 bits per heavy atom. The zero-order valence-electron chi connectivity index (χ0n) is 16.3. The number of aromatic nitrogens is 3. The normalized spacial score (nSPS) is 11.5. The van der Waals surface area contributed by atoms with Gasteiger partial charge in [0.15, 0.2) is 9.84 Å². The third-order valence-electron chi connectivity index (χ3n) is 4.54. The number of carbonyl (C=O) groups is 1. The highest BCUT2D eigenvalue weighted by molar-refractivity contribution is 7.90. The summed E-state index contributed by atoms with van der Waals surface area (Å²) in [5.74, 6) is -0.402. The Labute approximate surface area is 177 Å². The molecule has 1 N–H and O–H groups in total. The Balaban J connectivity index is 1.65. The molecule has 4 rings (SSSR count). The first kappa shape index (κ1) is 20.1. The lowest BCUT2D eigenvalue weighted by Crippen LogP contribution is -2.16. The first-order valence-electron chi connectivity index (χ1n) is 9.09. The average molecular weight is 439 g/mol. The monoisotopic (exact) mass is 438 g/mol. The molecule has 7 nitrogen and oxygen atoms in total. The molecule has 0 fully saturated rings. The summed E-state index contributed by atoms with van der Waals surface area (Å²) in [5, 5.41) is 2.73. The number of benzene rings is 2. The van der Waals surface area contributed by atoms with Gasteiger partial charge in [0.05, 0.1) is 38.6 Å². The van der Waals surface area contributed by atoms with E-state index in [0.717, 1.165) is 27.9 Å². The minimum Gasteiger partial charge on any atom is -0.321 e. The van der Waals surface area contributed by atoms with Crippen LogP contribution < -0.4 is 5.32 Å². The molecule has 0 saturated carbocycles. The molecule has 0 radical (unpaired) electrons. The van der Waals surface area contributed by atoms with E-state index in [1.807, 2.05) is 24.3 Å². The molecule has 0 atom stereocenters. The molecule has 0 aliphatic rings. The Morgan fingerprint density at radius 3 is 2.53 bits per heavy atom. The third kappa shape index (κ3) is 4.07. The number of carbonyl (C=O) groups excluding carboxylic acids is 1. The SMILES string of the molecule is Cc1nsc(Cc2cnc3ccccc3n2)c1C(=O)Nc1ccccc1S(C)(=O)=O. The Hall–Kier alpha value is -3.17. The van der Waals surface area contributed by atoms with Crippen LogP contribution in [0.3, 0.4) is 0 Å². The molecule has 0 spiro atoms. The van der Waals surface area contributed by atoms with Crippen LogP contribution in [-0.2, 0) is 16.3 Å². The second-order valence-electron chi connectivity index (χ2n) is 6.82. The summed E-state index contributed by atoms with van der Waals surface area (Å²) in [5.41, 5.74) is 3.56. The molecule has 2 aromatic heterocycles. The van der Waals surface area contributed by atoms with Crippen molar-refractivity contribution in [3.05, 3.63) is 76.6 Å². The summed E-state index contributed by atoms with van der Waals surface area (Å²) in [4.78, 5) is 22.9. The zero-order chi connectivity index (χ0) is 21.3. The number of hydrogen-bond donors (Lipinski definition) is 1. The second kappa shape index (κ2) is 7.92. The van der Waals surface area contributed by atoms with Gasteiger partial charge < -0.3 is 5.32 Å². The van der Waals surface area contributed by atoms with Crippen molar-refractivity contribution in [2.45, 2.75) is 18.2 Å². The predicted octanol–water partition coefficient (Wildman–Crippen LogP) is 3.64. The van der Waals surface area contributed by atoms with Gasteiger partial charge in [-0.15, -0.1) is 0 Å². The first-order valence-corrected chi connectivity index (χ1v) is 11.8. The summed E-state index contributed by atoms with van der Waals surface area (Å²) in [6, 6.07) is 13.9. The molecule has 1 amide bonds.